The molecule has 0 aliphatic carbocycles. The number of nitrogens with two attached hydrogens (primary N) is 1. The Bertz CT molecular complexity index is 224. The van der Waals surface area contributed by atoms with Crippen molar-refractivity contribution in [3.63, 3.8) is 0 Å². The minimum absolute atomic E-state index is 0.0829. The van der Waals surface area contributed by atoms with Crippen LogP contribution in [0, 0.1) is 10.1 Å². The van der Waals surface area contributed by atoms with Crippen molar-refractivity contribution in [2.45, 2.75) is 12.5 Å². The van der Waals surface area contributed by atoms with Gasteiger partial charge in [-0.3, -0.25) is 0 Å². The van der Waals surface area contributed by atoms with Crippen LogP contribution in [0.5, 0.6) is 0 Å². The second-order valence-electron chi connectivity index (χ2n) is 2.82. The van der Waals surface area contributed by atoms with E-state index in [9.17, 15) is 10.1 Å². The predicted octanol–water partition coefficient (Wildman–Crippen LogP) is -0.786. The summed E-state index contributed by atoms with van der Waals surface area (Å²) < 4.78 is 5.11. The van der Waals surface area contributed by atoms with E-state index < -0.39 is 5.03 Å². The molecule has 74 valence electrons. The van der Waals surface area contributed by atoms with Crippen LogP contribution >= 0.6 is 0 Å². The second-order valence-corrected chi connectivity index (χ2v) is 2.82. The fraction of sp³-hybridized carbons (Fsp3) is 0.833. The van der Waals surface area contributed by atoms with Crippen LogP contribution in [0.15, 0.2) is 5.10 Å². The van der Waals surface area contributed by atoms with E-state index in [4.69, 9.17) is 10.5 Å². The number of rotatable bonds is 2. The molecule has 0 bridgehead atoms. The minimum atomic E-state index is -0.804. The number of hydrazone groups is 1. The summed E-state index contributed by atoms with van der Waals surface area (Å²) >= 11 is 0. The quantitative estimate of drug-likeness (QED) is 0.265. The van der Waals surface area contributed by atoms with Crippen molar-refractivity contribution >= 4 is 5.96 Å². The topological polar surface area (TPSA) is 94.0 Å². The Morgan fingerprint density at radius 1 is 1.85 bits per heavy atom. The molecule has 1 saturated heterocycles. The van der Waals surface area contributed by atoms with E-state index in [1.165, 1.54) is 0 Å². The van der Waals surface area contributed by atoms with Gasteiger partial charge in [-0.05, 0) is 6.42 Å². The third-order valence-corrected chi connectivity index (χ3v) is 2.00. The first-order chi connectivity index (χ1) is 6.11. The highest BCUT2D eigenvalue weighted by atomic mass is 16.7. The standard InChI is InChI=1S/C6H12N4O3/c1-9(5-2-3-13-4-5)6(7)8-10(11)12/h5H,2-4H2,1H3,(H2,7,8). The molecule has 0 radical (unpaired) electrons. The first kappa shape index (κ1) is 9.72. The highest BCUT2D eigenvalue weighted by Crippen LogP contribution is 2.09. The van der Waals surface area contributed by atoms with Crippen molar-refractivity contribution in [3.8, 4) is 0 Å². The van der Waals surface area contributed by atoms with E-state index in [1.54, 1.807) is 11.9 Å². The fourth-order valence-electron chi connectivity index (χ4n) is 1.17. The Morgan fingerprint density at radius 3 is 3.00 bits per heavy atom. The molecule has 2 N–H and O–H groups in total. The molecule has 0 amide bonds. The van der Waals surface area contributed by atoms with Crippen molar-refractivity contribution in [1.82, 2.24) is 4.90 Å². The van der Waals surface area contributed by atoms with Crippen LogP contribution in [0.2, 0.25) is 0 Å². The summed E-state index contributed by atoms with van der Waals surface area (Å²) in [6, 6.07) is 0.101. The molecule has 7 nitrogen and oxygen atoms in total. The van der Waals surface area contributed by atoms with Gasteiger partial charge in [0.2, 0.25) is 0 Å². The monoisotopic (exact) mass is 188 g/mol. The van der Waals surface area contributed by atoms with Crippen molar-refractivity contribution in [2.24, 2.45) is 10.8 Å². The van der Waals surface area contributed by atoms with Crippen molar-refractivity contribution in [2.75, 3.05) is 20.3 Å². The zero-order valence-corrected chi connectivity index (χ0v) is 7.34. The predicted molar refractivity (Wildman–Crippen MR) is 45.6 cm³/mol. The zero-order valence-electron chi connectivity index (χ0n) is 7.34. The molecular weight excluding hydrogens is 176 g/mol. The number of nitro groups is 1. The summed E-state index contributed by atoms with van der Waals surface area (Å²) in [5.74, 6) is -0.0829. The van der Waals surface area contributed by atoms with Gasteiger partial charge in [-0.25, -0.2) is 10.1 Å². The molecule has 7 heteroatoms. The Kier molecular flexibility index (Phi) is 3.02. The van der Waals surface area contributed by atoms with E-state index in [0.29, 0.717) is 13.2 Å². The summed E-state index contributed by atoms with van der Waals surface area (Å²) in [7, 11) is 1.67. The highest BCUT2D eigenvalue weighted by Gasteiger charge is 2.22. The van der Waals surface area contributed by atoms with Crippen molar-refractivity contribution in [3.05, 3.63) is 10.1 Å². The molecule has 13 heavy (non-hydrogen) atoms. The van der Waals surface area contributed by atoms with Crippen LogP contribution in [0.4, 0.5) is 0 Å². The Morgan fingerprint density at radius 2 is 2.54 bits per heavy atom. The maximum atomic E-state index is 10.0. The largest absolute Gasteiger partial charge is 0.379 e. The van der Waals surface area contributed by atoms with E-state index in [2.05, 4.69) is 5.10 Å². The van der Waals surface area contributed by atoms with E-state index in [-0.39, 0.29) is 12.0 Å². The first-order valence-electron chi connectivity index (χ1n) is 3.90. The van der Waals surface area contributed by atoms with E-state index in [1.807, 2.05) is 0 Å². The average molecular weight is 188 g/mol. The van der Waals surface area contributed by atoms with Crippen LogP contribution in [0.3, 0.4) is 0 Å². The van der Waals surface area contributed by atoms with Crippen LogP contribution in [0.1, 0.15) is 6.42 Å². The smallest absolute Gasteiger partial charge is 0.268 e. The molecule has 1 aliphatic heterocycles. The molecule has 1 unspecified atom stereocenters. The van der Waals surface area contributed by atoms with Crippen molar-refractivity contribution < 1.29 is 9.77 Å². The normalized spacial score (nSPS) is 23.2. The summed E-state index contributed by atoms with van der Waals surface area (Å²) in [6.07, 6.45) is 0.824. The third kappa shape index (κ3) is 2.55. The molecular formula is C6H12N4O3. The first-order valence-corrected chi connectivity index (χ1v) is 3.90. The molecule has 1 rings (SSSR count). The van der Waals surface area contributed by atoms with E-state index in [0.717, 1.165) is 6.42 Å². The summed E-state index contributed by atoms with van der Waals surface area (Å²) in [5.41, 5.74) is 5.38. The molecule has 1 heterocycles. The fourth-order valence-corrected chi connectivity index (χ4v) is 1.17. The van der Waals surface area contributed by atoms with Gasteiger partial charge >= 0.3 is 0 Å². The number of nitrogens with zero attached hydrogens (tertiary/aromatic N) is 3. The summed E-state index contributed by atoms with van der Waals surface area (Å²) in [5, 5.41) is 12.2. The molecule has 1 aliphatic rings. The number of ether oxygens (including phenoxy) is 1. The van der Waals surface area contributed by atoms with Gasteiger partial charge < -0.3 is 15.4 Å². The van der Waals surface area contributed by atoms with Gasteiger partial charge in [-0.1, -0.05) is 0 Å². The summed E-state index contributed by atoms with van der Waals surface area (Å²) in [6.45, 7) is 1.21. The van der Waals surface area contributed by atoms with Crippen LogP contribution in [-0.4, -0.2) is 42.2 Å². The highest BCUT2D eigenvalue weighted by molar-refractivity contribution is 5.77. The molecule has 0 aromatic rings. The Labute approximate surface area is 75.3 Å². The second kappa shape index (κ2) is 4.04. The van der Waals surface area contributed by atoms with E-state index >= 15 is 0 Å². The van der Waals surface area contributed by atoms with Gasteiger partial charge in [-0.2, -0.15) is 0 Å². The van der Waals surface area contributed by atoms with Gasteiger partial charge in [0.1, 0.15) is 5.10 Å². The molecule has 1 fully saturated rings. The third-order valence-electron chi connectivity index (χ3n) is 2.00. The molecule has 1 atom stereocenters. The van der Waals surface area contributed by atoms with Crippen LogP contribution in [0.25, 0.3) is 0 Å². The lowest BCUT2D eigenvalue weighted by Crippen LogP contribution is -2.42. The molecule has 0 aromatic carbocycles. The average Bonchev–Trinajstić information content (AvgIpc) is 2.53. The molecule has 0 aromatic heterocycles. The lowest BCUT2D eigenvalue weighted by molar-refractivity contribution is -0.485. The van der Waals surface area contributed by atoms with Gasteiger partial charge in [0.25, 0.3) is 5.96 Å². The number of guanidine groups is 1. The number of hydrogen-bond acceptors (Lipinski definition) is 3. The zero-order chi connectivity index (χ0) is 9.84. The van der Waals surface area contributed by atoms with Gasteiger partial charge in [0.15, 0.2) is 5.03 Å². The molecule has 0 spiro atoms. The maximum Gasteiger partial charge on any atom is 0.268 e. The van der Waals surface area contributed by atoms with Crippen molar-refractivity contribution in [1.29, 1.82) is 0 Å². The number of hydrogen-bond donors (Lipinski definition) is 1. The minimum Gasteiger partial charge on any atom is -0.379 e. The number of likely N-dealkylation sites (N-methyl/N-ethyl adjacent to an activating group) is 1. The van der Waals surface area contributed by atoms with Gasteiger partial charge in [-0.15, -0.1) is 0 Å². The summed E-state index contributed by atoms with van der Waals surface area (Å²) in [4.78, 5) is 11.6. The maximum absolute atomic E-state index is 10.0. The lowest BCUT2D eigenvalue weighted by atomic mass is 10.2. The molecule has 0 saturated carbocycles. The SMILES string of the molecule is CN(C(N)=N[N+](=O)[O-])C1CCOC1. The van der Waals surface area contributed by atoms with Crippen LogP contribution in [-0.2, 0) is 4.74 Å². The Hall–Kier alpha value is -1.37. The van der Waals surface area contributed by atoms with Gasteiger partial charge in [0.05, 0.1) is 12.6 Å². The van der Waals surface area contributed by atoms with Crippen LogP contribution < -0.4 is 5.73 Å². The Balaban J connectivity index is 2.54. The van der Waals surface area contributed by atoms with Gasteiger partial charge in [0, 0.05) is 13.7 Å². The lowest BCUT2D eigenvalue weighted by Gasteiger charge is -2.21.